The predicted octanol–water partition coefficient (Wildman–Crippen LogP) is 2.70. The molecule has 0 aliphatic rings. The Hall–Kier alpha value is -1.69. The van der Waals surface area contributed by atoms with Gasteiger partial charge in [0.2, 0.25) is 0 Å². The largest absolute Gasteiger partial charge is 0.362 e. The second kappa shape index (κ2) is 7.36. The summed E-state index contributed by atoms with van der Waals surface area (Å²) < 4.78 is 3.72. The lowest BCUT2D eigenvalue weighted by Gasteiger charge is -2.12. The van der Waals surface area contributed by atoms with E-state index in [0.29, 0.717) is 0 Å². The first-order chi connectivity index (χ1) is 10.1. The van der Waals surface area contributed by atoms with Gasteiger partial charge < -0.3 is 4.65 Å². The van der Waals surface area contributed by atoms with E-state index in [1.165, 1.54) is 32.6 Å². The molecule has 0 aliphatic carbocycles. The molecule has 21 heavy (non-hydrogen) atoms. The van der Waals surface area contributed by atoms with Gasteiger partial charge in [0.1, 0.15) is 19.4 Å². The normalized spacial score (nSPS) is 11.5. The maximum atomic E-state index is 4.26. The first kappa shape index (κ1) is 15.7. The van der Waals surface area contributed by atoms with Gasteiger partial charge in [-0.25, -0.2) is 0 Å². The summed E-state index contributed by atoms with van der Waals surface area (Å²) in [5, 5.41) is 2.58. The van der Waals surface area contributed by atoms with Gasteiger partial charge in [0.05, 0.1) is 0 Å². The molecule has 1 N–H and O–H groups in total. The van der Waals surface area contributed by atoms with E-state index in [1.54, 1.807) is 0 Å². The molecule has 2 rings (SSSR count). The van der Waals surface area contributed by atoms with Gasteiger partial charge in [-0.2, -0.15) is 0 Å². The Balaban J connectivity index is 1.90. The third-order valence-electron chi connectivity index (χ3n) is 3.73. The maximum Gasteiger partial charge on any atom is 0.118 e. The summed E-state index contributed by atoms with van der Waals surface area (Å²) >= 11 is 0. The van der Waals surface area contributed by atoms with Crippen molar-refractivity contribution in [3.8, 4) is 0 Å². The predicted molar refractivity (Wildman–Crippen MR) is 101 cm³/mol. The van der Waals surface area contributed by atoms with Gasteiger partial charge in [0.25, 0.3) is 0 Å². The Morgan fingerprint density at radius 3 is 1.52 bits per heavy atom. The number of aryl methyl sites for hydroxylation is 2. The van der Waals surface area contributed by atoms with Crippen LogP contribution in [-0.2, 0) is 0 Å². The number of nitrogens with one attached hydrogen (secondary N) is 1. The molecule has 0 radical (unpaired) electrons. The van der Waals surface area contributed by atoms with Crippen LogP contribution in [0.15, 0.2) is 61.7 Å². The van der Waals surface area contributed by atoms with Crippen molar-refractivity contribution in [3.05, 3.63) is 83.9 Å². The molecule has 2 aromatic rings. The summed E-state index contributed by atoms with van der Waals surface area (Å²) in [7, 11) is -0.975. The Morgan fingerprint density at radius 2 is 1.14 bits per heavy atom. The van der Waals surface area contributed by atoms with Crippen LogP contribution < -0.4 is 4.65 Å². The van der Waals surface area contributed by atoms with Crippen molar-refractivity contribution >= 4 is 29.8 Å². The Kier molecular flexibility index (Phi) is 5.50. The van der Waals surface area contributed by atoms with Crippen LogP contribution in [0, 0.1) is 13.8 Å². The van der Waals surface area contributed by atoms with Crippen LogP contribution in [-0.4, -0.2) is 19.4 Å². The fraction of sp³-hybridized carbons (Fsp3) is 0.111. The van der Waals surface area contributed by atoms with Crippen molar-refractivity contribution in [2.24, 2.45) is 0 Å². The summed E-state index contributed by atoms with van der Waals surface area (Å²) in [6, 6.07) is 17.0. The molecular weight excluding hydrogens is 286 g/mol. The second-order valence-electron chi connectivity index (χ2n) is 5.44. The van der Waals surface area contributed by atoms with E-state index in [2.05, 4.69) is 80.2 Å². The number of rotatable bonds is 6. The highest BCUT2D eigenvalue weighted by Crippen LogP contribution is 2.16. The highest BCUT2D eigenvalue weighted by atomic mass is 28.3. The van der Waals surface area contributed by atoms with Crippen LogP contribution in [0.1, 0.15) is 22.3 Å². The summed E-state index contributed by atoms with van der Waals surface area (Å²) in [6.45, 7) is 12.8. The first-order valence-electron chi connectivity index (χ1n) is 7.28. The van der Waals surface area contributed by atoms with E-state index < -0.39 is 19.4 Å². The molecular formula is C18H23NSi2. The third kappa shape index (κ3) is 4.14. The van der Waals surface area contributed by atoms with E-state index in [1.807, 2.05) is 0 Å². The van der Waals surface area contributed by atoms with Crippen LogP contribution in [0.25, 0.3) is 10.4 Å². The zero-order valence-corrected chi connectivity index (χ0v) is 15.8. The molecule has 0 aromatic heterocycles. The molecule has 3 heteroatoms. The number of benzene rings is 2. The first-order valence-corrected chi connectivity index (χ1v) is 10.1. The average Bonchev–Trinajstić information content (AvgIpc) is 2.48. The molecule has 1 nitrogen and oxygen atoms in total. The van der Waals surface area contributed by atoms with Crippen LogP contribution in [0.2, 0.25) is 0 Å². The standard InChI is InChI=1S/C18H23NSi2/c1-13-9-5-7-11-17(13)15(3)20-19-21-16(4)18-12-8-6-10-14(18)2/h5-12,19H,3-4,20-21H2,1-2H3. The monoisotopic (exact) mass is 309 g/mol. The van der Waals surface area contributed by atoms with Gasteiger partial charge in [0.15, 0.2) is 0 Å². The lowest BCUT2D eigenvalue weighted by molar-refractivity contribution is 1.43. The number of hydrogen-bond donors (Lipinski definition) is 1. The summed E-state index contributed by atoms with van der Waals surface area (Å²) in [5.74, 6) is 0. The molecule has 0 spiro atoms. The average molecular weight is 310 g/mol. The van der Waals surface area contributed by atoms with E-state index in [4.69, 9.17) is 0 Å². The molecule has 0 unspecified atom stereocenters. The molecule has 0 atom stereocenters. The van der Waals surface area contributed by atoms with E-state index in [0.717, 1.165) is 0 Å². The van der Waals surface area contributed by atoms with Crippen LogP contribution in [0.5, 0.6) is 0 Å². The smallest absolute Gasteiger partial charge is 0.118 e. The molecule has 0 bridgehead atoms. The van der Waals surface area contributed by atoms with Crippen molar-refractivity contribution in [2.45, 2.75) is 13.8 Å². The van der Waals surface area contributed by atoms with Gasteiger partial charge in [-0.05, 0) is 36.1 Å². The highest BCUT2D eigenvalue weighted by molar-refractivity contribution is 6.73. The minimum absolute atomic E-state index is 0.487. The third-order valence-corrected chi connectivity index (χ3v) is 7.34. The lowest BCUT2D eigenvalue weighted by atomic mass is 10.1. The van der Waals surface area contributed by atoms with Gasteiger partial charge >= 0.3 is 0 Å². The zero-order chi connectivity index (χ0) is 15.2. The van der Waals surface area contributed by atoms with E-state index in [-0.39, 0.29) is 0 Å². The molecule has 108 valence electrons. The summed E-state index contributed by atoms with van der Waals surface area (Å²) in [6.07, 6.45) is 0. The minimum Gasteiger partial charge on any atom is -0.362 e. The highest BCUT2D eigenvalue weighted by Gasteiger charge is 2.05. The summed E-state index contributed by atoms with van der Waals surface area (Å²) in [5.41, 5.74) is 5.26. The van der Waals surface area contributed by atoms with E-state index >= 15 is 0 Å². The van der Waals surface area contributed by atoms with Gasteiger partial charge in [-0.15, -0.1) is 0 Å². The van der Waals surface area contributed by atoms with Crippen molar-refractivity contribution in [3.63, 3.8) is 0 Å². The van der Waals surface area contributed by atoms with Gasteiger partial charge in [0, 0.05) is 0 Å². The zero-order valence-electron chi connectivity index (χ0n) is 12.9. The quantitative estimate of drug-likeness (QED) is 0.809. The fourth-order valence-electron chi connectivity index (χ4n) is 2.49. The van der Waals surface area contributed by atoms with Crippen molar-refractivity contribution in [2.75, 3.05) is 0 Å². The van der Waals surface area contributed by atoms with Crippen LogP contribution in [0.3, 0.4) is 0 Å². The molecule has 0 saturated carbocycles. The van der Waals surface area contributed by atoms with Crippen LogP contribution in [0.4, 0.5) is 0 Å². The lowest BCUT2D eigenvalue weighted by Crippen LogP contribution is -2.26. The van der Waals surface area contributed by atoms with Crippen molar-refractivity contribution in [1.82, 2.24) is 4.65 Å². The molecule has 0 fully saturated rings. The molecule has 0 saturated heterocycles. The molecule has 0 amide bonds. The topological polar surface area (TPSA) is 12.0 Å². The minimum atomic E-state index is -0.487. The second-order valence-corrected chi connectivity index (χ2v) is 9.85. The Morgan fingerprint density at radius 1 is 0.762 bits per heavy atom. The van der Waals surface area contributed by atoms with Gasteiger partial charge in [-0.3, -0.25) is 0 Å². The van der Waals surface area contributed by atoms with Crippen molar-refractivity contribution in [1.29, 1.82) is 0 Å². The summed E-state index contributed by atoms with van der Waals surface area (Å²) in [4.78, 5) is 0. The SMILES string of the molecule is C=C([SiH2]N[SiH2]C(=C)c1ccccc1C)c1ccccc1C. The van der Waals surface area contributed by atoms with Gasteiger partial charge in [-0.1, -0.05) is 72.1 Å². The van der Waals surface area contributed by atoms with E-state index in [9.17, 15) is 0 Å². The molecule has 2 aromatic carbocycles. The van der Waals surface area contributed by atoms with Crippen LogP contribution >= 0.6 is 0 Å². The van der Waals surface area contributed by atoms with Crippen molar-refractivity contribution < 1.29 is 0 Å². The molecule has 0 aliphatic heterocycles. The maximum absolute atomic E-state index is 4.26. The fourth-order valence-corrected chi connectivity index (χ4v) is 6.58. The Bertz CT molecular complexity index is 604. The molecule has 0 heterocycles. The Labute approximate surface area is 132 Å². The number of hydrogen-bond acceptors (Lipinski definition) is 1.